The highest BCUT2D eigenvalue weighted by atomic mass is 35.5. The quantitative estimate of drug-likeness (QED) is 0.845. The molecule has 1 aromatic carbocycles. The predicted octanol–water partition coefficient (Wildman–Crippen LogP) is 2.78. The molecular formula is C19H23ClN4O2. The molecule has 2 N–H and O–H groups in total. The van der Waals surface area contributed by atoms with E-state index in [2.05, 4.69) is 15.2 Å². The summed E-state index contributed by atoms with van der Waals surface area (Å²) in [5.74, 6) is -0.131. The number of rotatable bonds is 5. The third kappa shape index (κ3) is 3.85. The lowest BCUT2D eigenvalue weighted by Gasteiger charge is -2.37. The number of benzene rings is 1. The molecular weight excluding hydrogens is 352 g/mol. The summed E-state index contributed by atoms with van der Waals surface area (Å²) in [6.07, 6.45) is 2.86. The van der Waals surface area contributed by atoms with E-state index in [1.54, 1.807) is 4.90 Å². The van der Waals surface area contributed by atoms with E-state index in [9.17, 15) is 9.59 Å². The minimum absolute atomic E-state index is 0.0444. The number of halogens is 1. The number of hydrogen-bond acceptors (Lipinski definition) is 2. The second-order valence-electron chi connectivity index (χ2n) is 6.25. The minimum atomic E-state index is -0.324. The Hall–Kier alpha value is -2.47. The number of amides is 3. The van der Waals surface area contributed by atoms with Gasteiger partial charge in [0.25, 0.3) is 0 Å². The third-order valence-electron chi connectivity index (χ3n) is 4.49. The highest BCUT2D eigenvalue weighted by molar-refractivity contribution is 6.31. The molecule has 0 saturated carbocycles. The molecule has 1 aromatic heterocycles. The Morgan fingerprint density at radius 1 is 1.15 bits per heavy atom. The molecule has 1 unspecified atom stereocenters. The van der Waals surface area contributed by atoms with Gasteiger partial charge >= 0.3 is 6.03 Å². The van der Waals surface area contributed by atoms with Gasteiger partial charge in [0.05, 0.1) is 12.6 Å². The van der Waals surface area contributed by atoms with Gasteiger partial charge in [-0.3, -0.25) is 4.79 Å². The molecule has 0 spiro atoms. The summed E-state index contributed by atoms with van der Waals surface area (Å²) in [5, 5.41) is 5.97. The van der Waals surface area contributed by atoms with Crippen molar-refractivity contribution in [3.8, 4) is 0 Å². The zero-order valence-corrected chi connectivity index (χ0v) is 15.5. The number of hydrogen-bond donors (Lipinski definition) is 2. The van der Waals surface area contributed by atoms with Crippen LogP contribution in [0.15, 0.2) is 42.6 Å². The number of fused-ring (bicyclic) bond motifs is 1. The fourth-order valence-electron chi connectivity index (χ4n) is 3.23. The fraction of sp³-hybridized carbons (Fsp3) is 0.368. The van der Waals surface area contributed by atoms with Gasteiger partial charge < -0.3 is 20.1 Å². The topological polar surface area (TPSA) is 66.4 Å². The highest BCUT2D eigenvalue weighted by Gasteiger charge is 2.33. The Balaban J connectivity index is 1.80. The van der Waals surface area contributed by atoms with Crippen LogP contribution in [-0.2, 0) is 11.3 Å². The van der Waals surface area contributed by atoms with Gasteiger partial charge in [0.2, 0.25) is 5.91 Å². The van der Waals surface area contributed by atoms with E-state index in [4.69, 9.17) is 11.6 Å². The Morgan fingerprint density at radius 2 is 1.96 bits per heavy atom. The number of carbonyl (C=O) groups is 2. The number of urea groups is 1. The van der Waals surface area contributed by atoms with Crippen LogP contribution >= 0.6 is 11.6 Å². The molecule has 0 saturated heterocycles. The number of aromatic nitrogens is 1. The van der Waals surface area contributed by atoms with Gasteiger partial charge in [-0.15, -0.1) is 0 Å². The van der Waals surface area contributed by atoms with Crippen LogP contribution in [0.1, 0.15) is 30.6 Å². The van der Waals surface area contributed by atoms with Crippen LogP contribution in [-0.4, -0.2) is 41.0 Å². The standard InChI is InChI=1S/C19H23ClN4O2/c1-2-9-21-19(26)22-13-17(25)24-12-11-23-10-5-8-16(23)18(24)14-6-3-4-7-15(14)20/h3-8,10,18H,2,9,11-13H2,1H3,(H2,21,22,26). The first kappa shape index (κ1) is 18.3. The summed E-state index contributed by atoms with van der Waals surface area (Å²) in [6.45, 7) is 3.80. The van der Waals surface area contributed by atoms with E-state index in [-0.39, 0.29) is 24.5 Å². The average Bonchev–Trinajstić information content (AvgIpc) is 3.13. The van der Waals surface area contributed by atoms with Gasteiger partial charge in [0, 0.05) is 36.5 Å². The number of carbonyl (C=O) groups excluding carboxylic acids is 2. The van der Waals surface area contributed by atoms with Crippen molar-refractivity contribution in [3.63, 3.8) is 0 Å². The molecule has 6 nitrogen and oxygen atoms in total. The molecule has 0 bridgehead atoms. The van der Waals surface area contributed by atoms with Gasteiger partial charge in [-0.05, 0) is 30.2 Å². The molecule has 0 radical (unpaired) electrons. The van der Waals surface area contributed by atoms with Crippen LogP contribution < -0.4 is 10.6 Å². The maximum atomic E-state index is 12.8. The first-order valence-electron chi connectivity index (χ1n) is 8.82. The molecule has 138 valence electrons. The summed E-state index contributed by atoms with van der Waals surface area (Å²) in [6, 6.07) is 11.0. The Kier molecular flexibility index (Phi) is 5.83. The van der Waals surface area contributed by atoms with E-state index in [0.717, 1.165) is 24.2 Å². The van der Waals surface area contributed by atoms with Crippen LogP contribution in [0.2, 0.25) is 5.02 Å². The molecule has 1 aliphatic rings. The summed E-state index contributed by atoms with van der Waals surface area (Å²) < 4.78 is 2.14. The van der Waals surface area contributed by atoms with Crippen LogP contribution in [0.4, 0.5) is 4.79 Å². The van der Waals surface area contributed by atoms with E-state index in [0.29, 0.717) is 18.1 Å². The maximum Gasteiger partial charge on any atom is 0.315 e. The van der Waals surface area contributed by atoms with Crippen LogP contribution in [0.25, 0.3) is 0 Å². The van der Waals surface area contributed by atoms with Gasteiger partial charge in [-0.2, -0.15) is 0 Å². The molecule has 0 fully saturated rings. The van der Waals surface area contributed by atoms with Crippen LogP contribution in [0, 0.1) is 0 Å². The molecule has 7 heteroatoms. The summed E-state index contributed by atoms with van der Waals surface area (Å²) in [5.41, 5.74) is 1.91. The summed E-state index contributed by atoms with van der Waals surface area (Å²) >= 11 is 6.42. The largest absolute Gasteiger partial charge is 0.348 e. The monoisotopic (exact) mass is 374 g/mol. The molecule has 2 aromatic rings. The first-order chi connectivity index (χ1) is 12.6. The number of nitrogens with one attached hydrogen (secondary N) is 2. The van der Waals surface area contributed by atoms with Crippen molar-refractivity contribution in [2.75, 3.05) is 19.6 Å². The first-order valence-corrected chi connectivity index (χ1v) is 9.20. The third-order valence-corrected chi connectivity index (χ3v) is 4.84. The maximum absolute atomic E-state index is 12.8. The fourth-order valence-corrected chi connectivity index (χ4v) is 3.47. The predicted molar refractivity (Wildman–Crippen MR) is 101 cm³/mol. The minimum Gasteiger partial charge on any atom is -0.348 e. The molecule has 0 aliphatic carbocycles. The molecule has 1 atom stereocenters. The average molecular weight is 375 g/mol. The lowest BCUT2D eigenvalue weighted by Crippen LogP contribution is -2.48. The van der Waals surface area contributed by atoms with Crippen LogP contribution in [0.5, 0.6) is 0 Å². The van der Waals surface area contributed by atoms with Crippen molar-refractivity contribution in [1.29, 1.82) is 0 Å². The molecule has 2 heterocycles. The molecule has 3 amide bonds. The summed E-state index contributed by atoms with van der Waals surface area (Å²) in [7, 11) is 0. The highest BCUT2D eigenvalue weighted by Crippen LogP contribution is 2.35. The Labute approximate surface area is 158 Å². The van der Waals surface area contributed by atoms with Gasteiger partial charge in [-0.1, -0.05) is 36.7 Å². The smallest absolute Gasteiger partial charge is 0.315 e. The Morgan fingerprint density at radius 3 is 2.73 bits per heavy atom. The van der Waals surface area contributed by atoms with Gasteiger partial charge in [0.15, 0.2) is 0 Å². The number of nitrogens with zero attached hydrogens (tertiary/aromatic N) is 2. The second kappa shape index (κ2) is 8.27. The normalized spacial score (nSPS) is 16.1. The van der Waals surface area contributed by atoms with Crippen LogP contribution in [0.3, 0.4) is 0 Å². The van der Waals surface area contributed by atoms with Crippen molar-refractivity contribution in [2.24, 2.45) is 0 Å². The van der Waals surface area contributed by atoms with Gasteiger partial charge in [-0.25, -0.2) is 4.79 Å². The molecule has 3 rings (SSSR count). The summed E-state index contributed by atoms with van der Waals surface area (Å²) in [4.78, 5) is 26.4. The van der Waals surface area contributed by atoms with Gasteiger partial charge in [0.1, 0.15) is 0 Å². The lowest BCUT2D eigenvalue weighted by molar-refractivity contribution is -0.132. The van der Waals surface area contributed by atoms with Crippen molar-refractivity contribution in [2.45, 2.75) is 25.9 Å². The molecule has 26 heavy (non-hydrogen) atoms. The zero-order valence-electron chi connectivity index (χ0n) is 14.7. The zero-order chi connectivity index (χ0) is 18.5. The van der Waals surface area contributed by atoms with Crippen molar-refractivity contribution in [3.05, 3.63) is 58.9 Å². The van der Waals surface area contributed by atoms with E-state index >= 15 is 0 Å². The van der Waals surface area contributed by atoms with Crippen molar-refractivity contribution in [1.82, 2.24) is 20.1 Å². The Bertz CT molecular complexity index is 789. The van der Waals surface area contributed by atoms with Crippen molar-refractivity contribution >= 4 is 23.5 Å². The van der Waals surface area contributed by atoms with E-state index in [1.165, 1.54) is 0 Å². The SMILES string of the molecule is CCCNC(=O)NCC(=O)N1CCn2cccc2C1c1ccccc1Cl. The lowest BCUT2D eigenvalue weighted by atomic mass is 9.99. The van der Waals surface area contributed by atoms with Crippen molar-refractivity contribution < 1.29 is 9.59 Å². The van der Waals surface area contributed by atoms with E-state index < -0.39 is 0 Å². The second-order valence-corrected chi connectivity index (χ2v) is 6.65. The van der Waals surface area contributed by atoms with E-state index in [1.807, 2.05) is 49.5 Å². The molecule has 1 aliphatic heterocycles.